The molecule has 1 aromatic rings. The van der Waals surface area contributed by atoms with Gasteiger partial charge in [0.15, 0.2) is 0 Å². The van der Waals surface area contributed by atoms with E-state index in [0.29, 0.717) is 12.0 Å². The van der Waals surface area contributed by atoms with Crippen molar-refractivity contribution in [2.24, 2.45) is 0 Å². The van der Waals surface area contributed by atoms with Crippen LogP contribution >= 0.6 is 0 Å². The molecule has 15 heavy (non-hydrogen) atoms. The van der Waals surface area contributed by atoms with Gasteiger partial charge in [0.2, 0.25) is 0 Å². The van der Waals surface area contributed by atoms with Gasteiger partial charge in [0.05, 0.1) is 5.56 Å². The predicted molar refractivity (Wildman–Crippen MR) is 55.6 cm³/mol. The number of benzene rings is 1. The fraction of sp³-hybridized carbons (Fsp3) is 0.364. The van der Waals surface area contributed by atoms with Gasteiger partial charge in [-0.05, 0) is 38.2 Å². The summed E-state index contributed by atoms with van der Waals surface area (Å²) < 4.78 is 13.4. The standard InChI is InChI=1S/C11H14FNO2/c1-13(2)6-5-8-3-4-9(11(14)15)7-10(8)12/h3-4,7H,5-6H2,1-2H3,(H,14,15). The Morgan fingerprint density at radius 1 is 1.47 bits per heavy atom. The summed E-state index contributed by atoms with van der Waals surface area (Å²) in [6.45, 7) is 0.739. The van der Waals surface area contributed by atoms with E-state index in [4.69, 9.17) is 5.11 Å². The zero-order valence-electron chi connectivity index (χ0n) is 8.83. The van der Waals surface area contributed by atoms with Crippen molar-refractivity contribution in [3.8, 4) is 0 Å². The fourth-order valence-corrected chi connectivity index (χ4v) is 1.23. The summed E-state index contributed by atoms with van der Waals surface area (Å²) in [4.78, 5) is 12.5. The largest absolute Gasteiger partial charge is 0.478 e. The first-order valence-electron chi connectivity index (χ1n) is 4.67. The molecule has 1 N–H and O–H groups in total. The zero-order valence-corrected chi connectivity index (χ0v) is 8.83. The van der Waals surface area contributed by atoms with Crippen LogP contribution < -0.4 is 0 Å². The molecule has 0 unspecified atom stereocenters. The van der Waals surface area contributed by atoms with Gasteiger partial charge in [-0.15, -0.1) is 0 Å². The first kappa shape index (κ1) is 11.7. The summed E-state index contributed by atoms with van der Waals surface area (Å²) in [5.74, 6) is -1.55. The molecule has 0 radical (unpaired) electrons. The molecule has 0 amide bonds. The number of carbonyl (C=O) groups is 1. The molecule has 0 saturated heterocycles. The van der Waals surface area contributed by atoms with E-state index < -0.39 is 11.8 Å². The molecular formula is C11H14FNO2. The minimum atomic E-state index is -1.10. The summed E-state index contributed by atoms with van der Waals surface area (Å²) in [6, 6.07) is 4.02. The number of aromatic carboxylic acids is 1. The van der Waals surface area contributed by atoms with E-state index in [0.717, 1.165) is 12.6 Å². The average Bonchev–Trinajstić information content (AvgIpc) is 2.15. The van der Waals surface area contributed by atoms with Crippen LogP contribution in [-0.2, 0) is 6.42 Å². The normalized spacial score (nSPS) is 10.7. The number of hydrogen-bond donors (Lipinski definition) is 1. The molecular weight excluding hydrogens is 197 g/mol. The quantitative estimate of drug-likeness (QED) is 0.822. The Morgan fingerprint density at radius 2 is 2.13 bits per heavy atom. The molecule has 0 aliphatic carbocycles. The number of halogens is 1. The van der Waals surface area contributed by atoms with Crippen molar-refractivity contribution < 1.29 is 14.3 Å². The molecule has 0 aliphatic heterocycles. The maximum absolute atomic E-state index is 13.4. The van der Waals surface area contributed by atoms with Crippen LogP contribution in [0.5, 0.6) is 0 Å². The van der Waals surface area contributed by atoms with Gasteiger partial charge in [0.1, 0.15) is 5.82 Å². The minimum absolute atomic E-state index is 0.0129. The van der Waals surface area contributed by atoms with E-state index in [-0.39, 0.29) is 5.56 Å². The molecule has 0 saturated carbocycles. The molecule has 0 spiro atoms. The summed E-state index contributed by atoms with van der Waals surface area (Å²) in [6.07, 6.45) is 0.582. The molecule has 0 bridgehead atoms. The second-order valence-corrected chi connectivity index (χ2v) is 3.66. The van der Waals surface area contributed by atoms with Crippen molar-refractivity contribution in [1.82, 2.24) is 4.90 Å². The maximum atomic E-state index is 13.4. The highest BCUT2D eigenvalue weighted by atomic mass is 19.1. The summed E-state index contributed by atoms with van der Waals surface area (Å²) >= 11 is 0. The Balaban J connectivity index is 2.79. The Bertz CT molecular complexity index is 364. The molecule has 4 heteroatoms. The van der Waals surface area contributed by atoms with Crippen molar-refractivity contribution in [2.75, 3.05) is 20.6 Å². The van der Waals surface area contributed by atoms with Gasteiger partial charge in [-0.25, -0.2) is 9.18 Å². The third-order valence-electron chi connectivity index (χ3n) is 2.13. The molecule has 1 aromatic carbocycles. The van der Waals surface area contributed by atoms with Gasteiger partial charge >= 0.3 is 5.97 Å². The Labute approximate surface area is 88.1 Å². The van der Waals surface area contributed by atoms with Crippen LogP contribution in [0.3, 0.4) is 0 Å². The lowest BCUT2D eigenvalue weighted by Gasteiger charge is -2.09. The first-order chi connectivity index (χ1) is 7.00. The number of nitrogens with zero attached hydrogens (tertiary/aromatic N) is 1. The average molecular weight is 211 g/mol. The Morgan fingerprint density at radius 3 is 2.60 bits per heavy atom. The van der Waals surface area contributed by atoms with Crippen LogP contribution in [0.2, 0.25) is 0 Å². The highest BCUT2D eigenvalue weighted by Crippen LogP contribution is 2.11. The lowest BCUT2D eigenvalue weighted by atomic mass is 10.1. The van der Waals surface area contributed by atoms with Gasteiger partial charge < -0.3 is 10.0 Å². The summed E-state index contributed by atoms with van der Waals surface area (Å²) in [7, 11) is 3.81. The lowest BCUT2D eigenvalue weighted by Crippen LogP contribution is -2.15. The maximum Gasteiger partial charge on any atom is 0.335 e. The second-order valence-electron chi connectivity index (χ2n) is 3.66. The number of carboxylic acids is 1. The molecule has 0 atom stereocenters. The molecule has 3 nitrogen and oxygen atoms in total. The topological polar surface area (TPSA) is 40.5 Å². The van der Waals surface area contributed by atoms with Gasteiger partial charge in [-0.3, -0.25) is 0 Å². The van der Waals surface area contributed by atoms with E-state index in [9.17, 15) is 9.18 Å². The lowest BCUT2D eigenvalue weighted by molar-refractivity contribution is 0.0696. The van der Waals surface area contributed by atoms with Crippen molar-refractivity contribution in [3.05, 3.63) is 35.1 Å². The van der Waals surface area contributed by atoms with E-state index in [1.807, 2.05) is 19.0 Å². The second kappa shape index (κ2) is 4.89. The van der Waals surface area contributed by atoms with Gasteiger partial charge in [0, 0.05) is 6.54 Å². The smallest absolute Gasteiger partial charge is 0.335 e. The van der Waals surface area contributed by atoms with Crippen molar-refractivity contribution in [1.29, 1.82) is 0 Å². The van der Waals surface area contributed by atoms with E-state index in [1.54, 1.807) is 0 Å². The van der Waals surface area contributed by atoms with Crippen molar-refractivity contribution >= 4 is 5.97 Å². The van der Waals surface area contributed by atoms with E-state index in [1.165, 1.54) is 12.1 Å². The third-order valence-corrected chi connectivity index (χ3v) is 2.13. The van der Waals surface area contributed by atoms with Crippen LogP contribution in [0.4, 0.5) is 4.39 Å². The zero-order chi connectivity index (χ0) is 11.4. The van der Waals surface area contributed by atoms with Crippen LogP contribution in [0.15, 0.2) is 18.2 Å². The predicted octanol–water partition coefficient (Wildman–Crippen LogP) is 1.63. The highest BCUT2D eigenvalue weighted by molar-refractivity contribution is 5.87. The van der Waals surface area contributed by atoms with Gasteiger partial charge in [-0.2, -0.15) is 0 Å². The minimum Gasteiger partial charge on any atom is -0.478 e. The Kier molecular flexibility index (Phi) is 3.80. The molecule has 82 valence electrons. The van der Waals surface area contributed by atoms with Crippen LogP contribution in [0.1, 0.15) is 15.9 Å². The molecule has 0 aliphatic rings. The molecule has 0 heterocycles. The van der Waals surface area contributed by atoms with E-state index in [2.05, 4.69) is 0 Å². The summed E-state index contributed by atoms with van der Waals surface area (Å²) in [5, 5.41) is 8.64. The molecule has 0 aromatic heterocycles. The SMILES string of the molecule is CN(C)CCc1ccc(C(=O)O)cc1F. The van der Waals surface area contributed by atoms with Crippen molar-refractivity contribution in [3.63, 3.8) is 0 Å². The third kappa shape index (κ3) is 3.32. The monoisotopic (exact) mass is 211 g/mol. The fourth-order valence-electron chi connectivity index (χ4n) is 1.23. The number of carboxylic acid groups (broad SMARTS) is 1. The number of hydrogen-bond acceptors (Lipinski definition) is 2. The van der Waals surface area contributed by atoms with Crippen LogP contribution in [-0.4, -0.2) is 36.6 Å². The molecule has 0 fully saturated rings. The van der Waals surface area contributed by atoms with Crippen LogP contribution in [0.25, 0.3) is 0 Å². The van der Waals surface area contributed by atoms with Gasteiger partial charge in [-0.1, -0.05) is 6.07 Å². The van der Waals surface area contributed by atoms with Gasteiger partial charge in [0.25, 0.3) is 0 Å². The Hall–Kier alpha value is -1.42. The summed E-state index contributed by atoms with van der Waals surface area (Å²) in [5.41, 5.74) is 0.537. The van der Waals surface area contributed by atoms with E-state index >= 15 is 0 Å². The highest BCUT2D eigenvalue weighted by Gasteiger charge is 2.08. The van der Waals surface area contributed by atoms with Crippen molar-refractivity contribution in [2.45, 2.75) is 6.42 Å². The van der Waals surface area contributed by atoms with Crippen LogP contribution in [0, 0.1) is 5.82 Å². The molecule has 1 rings (SSSR count). The first-order valence-corrected chi connectivity index (χ1v) is 4.67. The number of rotatable bonds is 4. The number of likely N-dealkylation sites (N-methyl/N-ethyl adjacent to an activating group) is 1.